The summed E-state index contributed by atoms with van der Waals surface area (Å²) in [6.45, 7) is 3.43. The van der Waals surface area contributed by atoms with E-state index in [1.165, 1.54) is 0 Å². The van der Waals surface area contributed by atoms with Crippen LogP contribution < -0.4 is 5.32 Å². The summed E-state index contributed by atoms with van der Waals surface area (Å²) in [6, 6.07) is 12.2. The molecule has 124 valence electrons. The second-order valence-electron chi connectivity index (χ2n) is 5.95. The minimum Gasteiger partial charge on any atom is -0.339 e. The van der Waals surface area contributed by atoms with E-state index in [1.807, 2.05) is 11.8 Å². The van der Waals surface area contributed by atoms with Gasteiger partial charge in [-0.2, -0.15) is 0 Å². The minimum absolute atomic E-state index is 0.0129. The second kappa shape index (κ2) is 7.05. The number of likely N-dealkylation sites (tertiary alicyclic amines) is 1. The number of halogens is 1. The molecule has 1 N–H and O–H groups in total. The first-order valence-electron chi connectivity index (χ1n) is 8.02. The molecule has 4 nitrogen and oxygen atoms in total. The van der Waals surface area contributed by atoms with Crippen molar-refractivity contribution >= 4 is 29.1 Å². The number of hydrogen-bond donors (Lipinski definition) is 1. The third kappa shape index (κ3) is 3.44. The lowest BCUT2D eigenvalue weighted by atomic mass is 10.1. The third-order valence-corrected chi connectivity index (χ3v) is 4.69. The van der Waals surface area contributed by atoms with Crippen LogP contribution in [-0.2, 0) is 0 Å². The SMILES string of the molecule is Cc1c(Cl)cccc1NC(=O)c1cccc(C(=O)N2CCCC2)c1. The highest BCUT2D eigenvalue weighted by Crippen LogP contribution is 2.23. The molecule has 1 saturated heterocycles. The van der Waals surface area contributed by atoms with Gasteiger partial charge >= 0.3 is 0 Å². The maximum absolute atomic E-state index is 12.5. The molecule has 2 aromatic rings. The molecule has 0 spiro atoms. The molecule has 1 fully saturated rings. The molecule has 0 saturated carbocycles. The monoisotopic (exact) mass is 342 g/mol. The Morgan fingerprint density at radius 2 is 1.71 bits per heavy atom. The number of carbonyl (C=O) groups is 2. The summed E-state index contributed by atoms with van der Waals surface area (Å²) in [7, 11) is 0. The summed E-state index contributed by atoms with van der Waals surface area (Å²) in [6.07, 6.45) is 2.08. The largest absolute Gasteiger partial charge is 0.339 e. The summed E-state index contributed by atoms with van der Waals surface area (Å²) in [5.74, 6) is -0.266. The van der Waals surface area contributed by atoms with Crippen LogP contribution in [0.5, 0.6) is 0 Å². The van der Waals surface area contributed by atoms with Gasteiger partial charge in [0.15, 0.2) is 0 Å². The van der Waals surface area contributed by atoms with Crippen molar-refractivity contribution < 1.29 is 9.59 Å². The fraction of sp³-hybridized carbons (Fsp3) is 0.263. The van der Waals surface area contributed by atoms with E-state index in [4.69, 9.17) is 11.6 Å². The predicted molar refractivity (Wildman–Crippen MR) is 95.7 cm³/mol. The Labute approximate surface area is 146 Å². The Bertz CT molecular complexity index is 783. The molecule has 2 aromatic carbocycles. The molecule has 1 aliphatic heterocycles. The first kappa shape index (κ1) is 16.5. The number of amides is 2. The van der Waals surface area contributed by atoms with Crippen molar-refractivity contribution in [1.29, 1.82) is 0 Å². The molecule has 0 aliphatic carbocycles. The van der Waals surface area contributed by atoms with Gasteiger partial charge in [-0.25, -0.2) is 0 Å². The zero-order valence-electron chi connectivity index (χ0n) is 13.5. The van der Waals surface area contributed by atoms with Crippen molar-refractivity contribution in [2.24, 2.45) is 0 Å². The molecule has 0 atom stereocenters. The lowest BCUT2D eigenvalue weighted by molar-refractivity contribution is 0.0793. The maximum atomic E-state index is 12.5. The average Bonchev–Trinajstić information content (AvgIpc) is 3.13. The summed E-state index contributed by atoms with van der Waals surface area (Å²) < 4.78 is 0. The van der Waals surface area contributed by atoms with Crippen molar-refractivity contribution in [3.8, 4) is 0 Å². The number of anilines is 1. The third-order valence-electron chi connectivity index (χ3n) is 4.28. The molecular weight excluding hydrogens is 324 g/mol. The van der Waals surface area contributed by atoms with Crippen LogP contribution in [0.1, 0.15) is 39.1 Å². The van der Waals surface area contributed by atoms with Crippen LogP contribution >= 0.6 is 11.6 Å². The quantitative estimate of drug-likeness (QED) is 0.911. The van der Waals surface area contributed by atoms with Crippen LogP contribution in [0.4, 0.5) is 5.69 Å². The molecule has 1 heterocycles. The van der Waals surface area contributed by atoms with E-state index in [-0.39, 0.29) is 11.8 Å². The number of hydrogen-bond acceptors (Lipinski definition) is 2. The summed E-state index contributed by atoms with van der Waals surface area (Å²) in [5.41, 5.74) is 2.49. The average molecular weight is 343 g/mol. The Balaban J connectivity index is 1.79. The summed E-state index contributed by atoms with van der Waals surface area (Å²) in [5, 5.41) is 3.46. The Morgan fingerprint density at radius 1 is 1.04 bits per heavy atom. The van der Waals surface area contributed by atoms with Crippen molar-refractivity contribution in [2.45, 2.75) is 19.8 Å². The van der Waals surface area contributed by atoms with Gasteiger partial charge in [-0.3, -0.25) is 9.59 Å². The van der Waals surface area contributed by atoms with Gasteiger partial charge in [0.25, 0.3) is 11.8 Å². The topological polar surface area (TPSA) is 49.4 Å². The summed E-state index contributed by atoms with van der Waals surface area (Å²) >= 11 is 6.08. The van der Waals surface area contributed by atoms with Gasteiger partial charge in [-0.05, 0) is 55.7 Å². The second-order valence-corrected chi connectivity index (χ2v) is 6.35. The zero-order chi connectivity index (χ0) is 17.1. The fourth-order valence-electron chi connectivity index (χ4n) is 2.83. The normalized spacial score (nSPS) is 13.8. The molecule has 0 radical (unpaired) electrons. The molecule has 1 aliphatic rings. The highest BCUT2D eigenvalue weighted by Gasteiger charge is 2.20. The Kier molecular flexibility index (Phi) is 4.86. The summed E-state index contributed by atoms with van der Waals surface area (Å²) in [4.78, 5) is 26.8. The molecule has 3 rings (SSSR count). The van der Waals surface area contributed by atoms with Crippen LogP contribution in [0.2, 0.25) is 5.02 Å². The van der Waals surface area contributed by atoms with Crippen LogP contribution in [-0.4, -0.2) is 29.8 Å². The van der Waals surface area contributed by atoms with Gasteiger partial charge in [-0.1, -0.05) is 23.7 Å². The van der Waals surface area contributed by atoms with Crippen molar-refractivity contribution in [2.75, 3.05) is 18.4 Å². The van der Waals surface area contributed by atoms with Gasteiger partial charge in [0.2, 0.25) is 0 Å². The molecule has 5 heteroatoms. The number of benzene rings is 2. The van der Waals surface area contributed by atoms with Gasteiger partial charge < -0.3 is 10.2 Å². The molecule has 2 amide bonds. The van der Waals surface area contributed by atoms with E-state index in [9.17, 15) is 9.59 Å². The predicted octanol–water partition coefficient (Wildman–Crippen LogP) is 4.14. The lowest BCUT2D eigenvalue weighted by Crippen LogP contribution is -2.27. The van der Waals surface area contributed by atoms with Crippen LogP contribution in [0.25, 0.3) is 0 Å². The smallest absolute Gasteiger partial charge is 0.255 e. The van der Waals surface area contributed by atoms with E-state index in [0.29, 0.717) is 21.8 Å². The fourth-order valence-corrected chi connectivity index (χ4v) is 3.01. The molecule has 0 unspecified atom stereocenters. The van der Waals surface area contributed by atoms with Crippen molar-refractivity contribution in [1.82, 2.24) is 4.90 Å². The van der Waals surface area contributed by atoms with Crippen molar-refractivity contribution in [3.05, 3.63) is 64.2 Å². The van der Waals surface area contributed by atoms with Crippen molar-refractivity contribution in [3.63, 3.8) is 0 Å². The van der Waals surface area contributed by atoms with Crippen LogP contribution in [0.3, 0.4) is 0 Å². The number of rotatable bonds is 3. The number of carbonyl (C=O) groups excluding carboxylic acids is 2. The zero-order valence-corrected chi connectivity index (χ0v) is 14.3. The molecular formula is C19H19ClN2O2. The maximum Gasteiger partial charge on any atom is 0.255 e. The van der Waals surface area contributed by atoms with Gasteiger partial charge in [0.05, 0.1) is 0 Å². The van der Waals surface area contributed by atoms with Crippen LogP contribution in [0.15, 0.2) is 42.5 Å². The highest BCUT2D eigenvalue weighted by molar-refractivity contribution is 6.31. The lowest BCUT2D eigenvalue weighted by Gasteiger charge is -2.15. The van der Waals surface area contributed by atoms with E-state index >= 15 is 0 Å². The van der Waals surface area contributed by atoms with Crippen LogP contribution in [0, 0.1) is 6.92 Å². The van der Waals surface area contributed by atoms with Gasteiger partial charge in [0, 0.05) is 34.9 Å². The molecule has 24 heavy (non-hydrogen) atoms. The van der Waals surface area contributed by atoms with Gasteiger partial charge in [0.1, 0.15) is 0 Å². The number of nitrogens with one attached hydrogen (secondary N) is 1. The Hall–Kier alpha value is -2.33. The van der Waals surface area contributed by atoms with E-state index in [0.717, 1.165) is 31.5 Å². The number of nitrogens with zero attached hydrogens (tertiary/aromatic N) is 1. The molecule has 0 aromatic heterocycles. The molecule has 0 bridgehead atoms. The van der Waals surface area contributed by atoms with E-state index in [1.54, 1.807) is 42.5 Å². The first-order chi connectivity index (χ1) is 11.6. The van der Waals surface area contributed by atoms with Gasteiger partial charge in [-0.15, -0.1) is 0 Å². The Morgan fingerprint density at radius 3 is 2.46 bits per heavy atom. The highest BCUT2D eigenvalue weighted by atomic mass is 35.5. The van der Waals surface area contributed by atoms with E-state index < -0.39 is 0 Å². The standard InChI is InChI=1S/C19H19ClN2O2/c1-13-16(20)8-5-9-17(13)21-18(23)14-6-4-7-15(12-14)19(24)22-10-2-3-11-22/h4-9,12H,2-3,10-11H2,1H3,(H,21,23). The minimum atomic E-state index is -0.253. The first-order valence-corrected chi connectivity index (χ1v) is 8.40. The van der Waals surface area contributed by atoms with E-state index in [2.05, 4.69) is 5.32 Å².